The number of hydrogen-bond acceptors (Lipinski definition) is 6. The van der Waals surface area contributed by atoms with Gasteiger partial charge in [0.1, 0.15) is 5.82 Å². The molecule has 0 saturated carbocycles. The molecule has 6 nitrogen and oxygen atoms in total. The van der Waals surface area contributed by atoms with Crippen molar-refractivity contribution in [2.45, 2.75) is 6.42 Å². The summed E-state index contributed by atoms with van der Waals surface area (Å²) in [7, 11) is 1.78. The van der Waals surface area contributed by atoms with Crippen LogP contribution in [0.3, 0.4) is 0 Å². The minimum Gasteiger partial charge on any atom is -0.490 e. The van der Waals surface area contributed by atoms with Crippen LogP contribution in [0.1, 0.15) is 6.42 Å². The fourth-order valence-corrected chi connectivity index (χ4v) is 2.24. The van der Waals surface area contributed by atoms with Crippen molar-refractivity contribution in [1.82, 2.24) is 9.97 Å². The van der Waals surface area contributed by atoms with Crippen molar-refractivity contribution in [3.63, 3.8) is 0 Å². The highest BCUT2D eigenvalue weighted by atomic mass is 79.9. The Hall–Kier alpha value is -2.02. The summed E-state index contributed by atoms with van der Waals surface area (Å²) in [5, 5.41) is 6.15. The highest BCUT2D eigenvalue weighted by molar-refractivity contribution is 9.10. The first-order valence-electron chi connectivity index (χ1n) is 6.63. The second-order valence-corrected chi connectivity index (χ2v) is 5.33. The smallest absolute Gasteiger partial charge is 0.224 e. The zero-order valence-electron chi connectivity index (χ0n) is 11.5. The number of aromatic nitrogens is 2. The maximum atomic E-state index is 5.68. The molecule has 110 valence electrons. The van der Waals surface area contributed by atoms with Gasteiger partial charge in [-0.05, 0) is 28.1 Å². The third-order valence-electron chi connectivity index (χ3n) is 2.98. The standard InChI is InChI=1S/C14H15BrN4O2/c1-16-14-17-8-10(15)13(19-14)18-9-3-4-11-12(7-9)21-6-2-5-20-11/h3-4,7-8H,2,5-6H2,1H3,(H2,16,17,18,19). The topological polar surface area (TPSA) is 68.3 Å². The normalized spacial score (nSPS) is 13.4. The van der Waals surface area contributed by atoms with Crippen molar-refractivity contribution in [3.8, 4) is 11.5 Å². The van der Waals surface area contributed by atoms with Crippen LogP contribution in [0.2, 0.25) is 0 Å². The molecular weight excluding hydrogens is 336 g/mol. The molecule has 7 heteroatoms. The van der Waals surface area contributed by atoms with Crippen LogP contribution in [0.25, 0.3) is 0 Å². The van der Waals surface area contributed by atoms with E-state index in [0.29, 0.717) is 25.0 Å². The lowest BCUT2D eigenvalue weighted by Gasteiger charge is -2.12. The van der Waals surface area contributed by atoms with Gasteiger partial charge in [-0.1, -0.05) is 0 Å². The zero-order chi connectivity index (χ0) is 14.7. The first kappa shape index (κ1) is 13.9. The van der Waals surface area contributed by atoms with E-state index in [0.717, 1.165) is 28.1 Å². The third kappa shape index (κ3) is 3.18. The number of rotatable bonds is 3. The maximum Gasteiger partial charge on any atom is 0.224 e. The van der Waals surface area contributed by atoms with E-state index in [1.165, 1.54) is 0 Å². The van der Waals surface area contributed by atoms with Crippen molar-refractivity contribution in [1.29, 1.82) is 0 Å². The molecule has 1 aromatic heterocycles. The van der Waals surface area contributed by atoms with E-state index in [4.69, 9.17) is 9.47 Å². The number of nitrogens with one attached hydrogen (secondary N) is 2. The Bertz CT molecular complexity index is 651. The first-order valence-corrected chi connectivity index (χ1v) is 7.42. The summed E-state index contributed by atoms with van der Waals surface area (Å²) >= 11 is 3.43. The van der Waals surface area contributed by atoms with E-state index >= 15 is 0 Å². The summed E-state index contributed by atoms with van der Waals surface area (Å²) in [5.41, 5.74) is 0.876. The quantitative estimate of drug-likeness (QED) is 0.885. The molecule has 2 heterocycles. The van der Waals surface area contributed by atoms with Crippen molar-refractivity contribution < 1.29 is 9.47 Å². The van der Waals surface area contributed by atoms with Gasteiger partial charge in [-0.15, -0.1) is 0 Å². The first-order chi connectivity index (χ1) is 10.3. The zero-order valence-corrected chi connectivity index (χ0v) is 13.1. The van der Waals surface area contributed by atoms with Crippen molar-refractivity contribution in [2.24, 2.45) is 0 Å². The van der Waals surface area contributed by atoms with Gasteiger partial charge in [-0.2, -0.15) is 4.98 Å². The summed E-state index contributed by atoms with van der Waals surface area (Å²) in [4.78, 5) is 8.49. The lowest BCUT2D eigenvalue weighted by atomic mass is 10.2. The van der Waals surface area contributed by atoms with Crippen LogP contribution >= 0.6 is 15.9 Å². The van der Waals surface area contributed by atoms with Gasteiger partial charge >= 0.3 is 0 Å². The molecule has 0 spiro atoms. The number of nitrogens with zero attached hydrogens (tertiary/aromatic N) is 2. The molecule has 2 N–H and O–H groups in total. The Kier molecular flexibility index (Phi) is 4.10. The minimum atomic E-state index is 0.551. The van der Waals surface area contributed by atoms with E-state index in [9.17, 15) is 0 Å². The summed E-state index contributed by atoms with van der Waals surface area (Å²) in [6.45, 7) is 1.35. The van der Waals surface area contributed by atoms with E-state index in [1.807, 2.05) is 18.2 Å². The van der Waals surface area contributed by atoms with E-state index in [2.05, 4.69) is 36.5 Å². The fourth-order valence-electron chi connectivity index (χ4n) is 1.95. The van der Waals surface area contributed by atoms with E-state index in [1.54, 1.807) is 13.2 Å². The van der Waals surface area contributed by atoms with Crippen LogP contribution in [0.5, 0.6) is 11.5 Å². The highest BCUT2D eigenvalue weighted by Gasteiger charge is 2.12. The Morgan fingerprint density at radius 3 is 2.81 bits per heavy atom. The second-order valence-electron chi connectivity index (χ2n) is 4.48. The Morgan fingerprint density at radius 1 is 1.19 bits per heavy atom. The largest absolute Gasteiger partial charge is 0.490 e. The lowest BCUT2D eigenvalue weighted by molar-refractivity contribution is 0.297. The van der Waals surface area contributed by atoms with Crippen molar-refractivity contribution in [3.05, 3.63) is 28.9 Å². The van der Waals surface area contributed by atoms with Gasteiger partial charge in [0.15, 0.2) is 11.5 Å². The number of fused-ring (bicyclic) bond motifs is 1. The average molecular weight is 351 g/mol. The van der Waals surface area contributed by atoms with Gasteiger partial charge in [0.2, 0.25) is 5.95 Å². The second kappa shape index (κ2) is 6.17. The Balaban J connectivity index is 1.86. The molecule has 21 heavy (non-hydrogen) atoms. The van der Waals surface area contributed by atoms with Gasteiger partial charge < -0.3 is 20.1 Å². The molecule has 3 rings (SSSR count). The highest BCUT2D eigenvalue weighted by Crippen LogP contribution is 2.34. The molecule has 0 aliphatic carbocycles. The van der Waals surface area contributed by atoms with Crippen molar-refractivity contribution >= 4 is 33.4 Å². The molecule has 2 aromatic rings. The van der Waals surface area contributed by atoms with Gasteiger partial charge in [0.25, 0.3) is 0 Å². The molecule has 0 saturated heterocycles. The fraction of sp³-hybridized carbons (Fsp3) is 0.286. The maximum absolute atomic E-state index is 5.68. The predicted octanol–water partition coefficient (Wildman–Crippen LogP) is 3.19. The van der Waals surface area contributed by atoms with Crippen LogP contribution in [0.15, 0.2) is 28.9 Å². The van der Waals surface area contributed by atoms with Gasteiger partial charge in [-0.3, -0.25) is 0 Å². The minimum absolute atomic E-state index is 0.551. The molecule has 1 aliphatic rings. The predicted molar refractivity (Wildman–Crippen MR) is 84.6 cm³/mol. The van der Waals surface area contributed by atoms with E-state index < -0.39 is 0 Å². The molecule has 0 fully saturated rings. The molecule has 1 aliphatic heterocycles. The summed E-state index contributed by atoms with van der Waals surface area (Å²) in [6.07, 6.45) is 2.59. The Morgan fingerprint density at radius 2 is 2.00 bits per heavy atom. The summed E-state index contributed by atoms with van der Waals surface area (Å²) < 4.78 is 12.1. The van der Waals surface area contributed by atoms with Crippen LogP contribution in [0, 0.1) is 0 Å². The van der Waals surface area contributed by atoms with Crippen molar-refractivity contribution in [2.75, 3.05) is 30.9 Å². The third-order valence-corrected chi connectivity index (χ3v) is 3.56. The molecule has 0 radical (unpaired) electrons. The lowest BCUT2D eigenvalue weighted by Crippen LogP contribution is -2.01. The summed E-state index contributed by atoms with van der Waals surface area (Å²) in [6, 6.07) is 5.74. The van der Waals surface area contributed by atoms with Crippen LogP contribution in [0.4, 0.5) is 17.5 Å². The van der Waals surface area contributed by atoms with E-state index in [-0.39, 0.29) is 0 Å². The molecule has 0 atom stereocenters. The van der Waals surface area contributed by atoms with Crippen LogP contribution in [-0.2, 0) is 0 Å². The van der Waals surface area contributed by atoms with Gasteiger partial charge in [0, 0.05) is 31.4 Å². The SMILES string of the molecule is CNc1ncc(Br)c(Nc2ccc3c(c2)OCCCO3)n1. The average Bonchev–Trinajstić information content (AvgIpc) is 2.74. The number of anilines is 3. The number of ether oxygens (including phenoxy) is 2. The number of halogens is 1. The van der Waals surface area contributed by atoms with Crippen LogP contribution in [-0.4, -0.2) is 30.2 Å². The van der Waals surface area contributed by atoms with Crippen LogP contribution < -0.4 is 20.1 Å². The van der Waals surface area contributed by atoms with Gasteiger partial charge in [0.05, 0.1) is 17.7 Å². The summed E-state index contributed by atoms with van der Waals surface area (Å²) in [5.74, 6) is 2.76. The molecule has 0 unspecified atom stereocenters. The molecular formula is C14H15BrN4O2. The monoisotopic (exact) mass is 350 g/mol. The number of benzene rings is 1. The number of hydrogen-bond donors (Lipinski definition) is 2. The Labute approximate surface area is 131 Å². The van der Waals surface area contributed by atoms with Gasteiger partial charge in [-0.25, -0.2) is 4.98 Å². The molecule has 0 bridgehead atoms. The molecule has 0 amide bonds. The molecule has 1 aromatic carbocycles.